The normalized spacial score (nSPS) is 13.9. The number of pyridine rings is 3. The fraction of sp³-hybridized carbons (Fsp3) is 0.267. The fourth-order valence-corrected chi connectivity index (χ4v) is 6.19. The number of aromatic nitrogens is 3. The molecule has 5 heteroatoms. The molecule has 7 rings (SSSR count). The van der Waals surface area contributed by atoms with Crippen LogP contribution < -0.4 is 0 Å². The summed E-state index contributed by atoms with van der Waals surface area (Å²) in [5.41, 5.74) is 7.21. The Morgan fingerprint density at radius 3 is 2.14 bits per heavy atom. The van der Waals surface area contributed by atoms with E-state index in [1.54, 1.807) is 18.3 Å². The molecular weight excluding hydrogens is 791 g/mol. The first-order chi connectivity index (χ1) is 26.0. The van der Waals surface area contributed by atoms with Gasteiger partial charge in [0.25, 0.3) is 0 Å². The number of furan rings is 1. The Morgan fingerprint density at radius 2 is 1.50 bits per heavy atom. The van der Waals surface area contributed by atoms with Crippen molar-refractivity contribution in [2.45, 2.75) is 78.9 Å². The summed E-state index contributed by atoms with van der Waals surface area (Å²) >= 11 is 0. The molecule has 0 atom stereocenters. The second-order valence-electron chi connectivity index (χ2n) is 12.4. The smallest absolute Gasteiger partial charge is 0.216 e. The zero-order valence-electron chi connectivity index (χ0n) is 35.3. The minimum atomic E-state index is -2.43. The van der Waals surface area contributed by atoms with Gasteiger partial charge in [0.15, 0.2) is 0 Å². The van der Waals surface area contributed by atoms with Crippen LogP contribution in [0.1, 0.15) is 103 Å². The van der Waals surface area contributed by atoms with Crippen LogP contribution in [0.3, 0.4) is 0 Å². The van der Waals surface area contributed by atoms with Gasteiger partial charge in [-0.15, -0.1) is 54.1 Å². The van der Waals surface area contributed by atoms with Gasteiger partial charge in [-0.2, -0.15) is 0 Å². The van der Waals surface area contributed by atoms with Gasteiger partial charge in [0.05, 0.1) is 11.3 Å². The molecule has 4 nitrogen and oxygen atoms in total. The predicted octanol–water partition coefficient (Wildman–Crippen LogP) is 12.5. The van der Waals surface area contributed by atoms with Crippen molar-refractivity contribution in [3.8, 4) is 33.8 Å². The Bertz CT molecular complexity index is 2360. The van der Waals surface area contributed by atoms with Gasteiger partial charge in [0.2, 0.25) is 5.71 Å². The van der Waals surface area contributed by atoms with E-state index in [9.17, 15) is 0 Å². The SMILES string of the molecule is [2H]C([2H])([2H])c1cc(-c2[c-]ccc3c2oc2nc(-c4c(C([2H])(C)C)cccc4C([2H])(C)C)ccc23)ncc1C([2H])(CC)CC.[Ir].[c-]1ccccc1-c1ccccn1. The van der Waals surface area contributed by atoms with Crippen LogP contribution in [0.5, 0.6) is 0 Å². The summed E-state index contributed by atoms with van der Waals surface area (Å²) in [6, 6.07) is 34.7. The molecule has 0 bridgehead atoms. The third-order valence-corrected chi connectivity index (χ3v) is 8.74. The van der Waals surface area contributed by atoms with Crippen molar-refractivity contribution in [2.75, 3.05) is 0 Å². The van der Waals surface area contributed by atoms with Gasteiger partial charge in [-0.3, -0.25) is 0 Å². The number of nitrogens with zero attached hydrogens (tertiary/aromatic N) is 3. The average Bonchev–Trinajstić information content (AvgIpc) is 3.55. The summed E-state index contributed by atoms with van der Waals surface area (Å²) in [5.74, 6) is -2.90. The summed E-state index contributed by atoms with van der Waals surface area (Å²) in [5, 5.41) is 1.56. The Labute approximate surface area is 319 Å². The quantitative estimate of drug-likeness (QED) is 0.143. The third-order valence-electron chi connectivity index (χ3n) is 8.74. The zero-order chi connectivity index (χ0) is 39.8. The van der Waals surface area contributed by atoms with Gasteiger partial charge in [-0.1, -0.05) is 94.5 Å². The molecule has 0 aliphatic carbocycles. The molecule has 0 amide bonds. The minimum absolute atomic E-state index is 0. The molecule has 0 aliphatic rings. The van der Waals surface area contributed by atoms with Crippen molar-refractivity contribution < 1.29 is 32.7 Å². The standard InChI is InChI=1S/C34H37N2O.C11H8N.Ir/c1-8-23(9-2)29-19-35-31(18-22(29)7)28-15-11-14-26-27-16-17-30(36-34(27)37-33(26)28)32-24(20(3)4)12-10-13-25(32)21(5)6;1-2-6-10(7-3-1)11-8-4-5-9-12-11;/h10-14,16-21,23H,8-9H2,1-7H3;1-6,8-9H;/q2*-1;/i7D3,20D,21D,23D;;. The van der Waals surface area contributed by atoms with Crippen molar-refractivity contribution in [1.82, 2.24) is 15.0 Å². The topological polar surface area (TPSA) is 51.8 Å². The largest absolute Gasteiger partial charge is 0.486 e. The molecule has 1 radical (unpaired) electrons. The molecule has 0 fully saturated rings. The van der Waals surface area contributed by atoms with Crippen LogP contribution in [0, 0.1) is 19.0 Å². The van der Waals surface area contributed by atoms with Crippen LogP contribution in [-0.4, -0.2) is 15.0 Å². The first-order valence-corrected chi connectivity index (χ1v) is 16.7. The Morgan fingerprint density at radius 1 is 0.740 bits per heavy atom. The summed E-state index contributed by atoms with van der Waals surface area (Å²) in [6.07, 6.45) is 4.24. The summed E-state index contributed by atoms with van der Waals surface area (Å²) in [7, 11) is 0. The Balaban J connectivity index is 0.000000391. The van der Waals surface area contributed by atoms with E-state index in [0.717, 1.165) is 38.7 Å². The molecule has 4 aromatic heterocycles. The molecule has 0 aliphatic heterocycles. The van der Waals surface area contributed by atoms with Crippen LogP contribution in [-0.2, 0) is 20.1 Å². The molecule has 0 spiro atoms. The zero-order valence-corrected chi connectivity index (χ0v) is 31.7. The van der Waals surface area contributed by atoms with Crippen molar-refractivity contribution in [2.24, 2.45) is 0 Å². The van der Waals surface area contributed by atoms with Gasteiger partial charge >= 0.3 is 0 Å². The summed E-state index contributed by atoms with van der Waals surface area (Å²) < 4.78 is 57.6. The van der Waals surface area contributed by atoms with Crippen LogP contribution in [0.25, 0.3) is 55.8 Å². The number of rotatable bonds is 8. The molecule has 0 N–H and O–H groups in total. The molecule has 0 unspecified atom stereocenters. The number of fused-ring (bicyclic) bond motifs is 3. The van der Waals surface area contributed by atoms with Gasteiger partial charge in [-0.25, -0.2) is 4.98 Å². The molecule has 4 heterocycles. The molecule has 0 saturated heterocycles. The van der Waals surface area contributed by atoms with Crippen molar-refractivity contribution >= 4 is 22.1 Å². The van der Waals surface area contributed by atoms with E-state index >= 15 is 0 Å². The van der Waals surface area contributed by atoms with E-state index in [1.165, 1.54) is 6.20 Å². The third kappa shape index (κ3) is 7.65. The van der Waals surface area contributed by atoms with Crippen LogP contribution in [0.2, 0.25) is 0 Å². The fourth-order valence-electron chi connectivity index (χ4n) is 6.19. The molecule has 7 aromatic rings. The first kappa shape index (κ1) is 29.3. The van der Waals surface area contributed by atoms with Crippen LogP contribution in [0.4, 0.5) is 0 Å². The Hall–Kier alpha value is -4.44. The van der Waals surface area contributed by atoms with Crippen molar-refractivity contribution in [3.05, 3.63) is 138 Å². The maximum atomic E-state index is 8.91. The van der Waals surface area contributed by atoms with Gasteiger partial charge in [-0.05, 0) is 83.7 Å². The molecular formula is C45H45IrN3O-2. The maximum Gasteiger partial charge on any atom is 0.216 e. The van der Waals surface area contributed by atoms with E-state index in [-0.39, 0.29) is 25.7 Å². The van der Waals surface area contributed by atoms with Gasteiger partial charge in [0, 0.05) is 51.7 Å². The number of benzene rings is 3. The van der Waals surface area contributed by atoms with E-state index in [2.05, 4.69) is 22.1 Å². The Kier molecular flexibility index (Phi) is 9.68. The van der Waals surface area contributed by atoms with Crippen LogP contribution >= 0.6 is 0 Å². The van der Waals surface area contributed by atoms with E-state index in [4.69, 9.17) is 17.6 Å². The molecule has 257 valence electrons. The molecule has 3 aromatic carbocycles. The number of hydrogen-bond acceptors (Lipinski definition) is 4. The number of hydrogen-bond donors (Lipinski definition) is 0. The van der Waals surface area contributed by atoms with E-state index in [0.29, 0.717) is 46.7 Å². The summed E-state index contributed by atoms with van der Waals surface area (Å²) in [6.45, 7) is 8.64. The van der Waals surface area contributed by atoms with Gasteiger partial charge in [0.1, 0.15) is 0 Å². The second-order valence-corrected chi connectivity index (χ2v) is 12.4. The predicted molar refractivity (Wildman–Crippen MR) is 204 cm³/mol. The maximum absolute atomic E-state index is 8.91. The number of aryl methyl sites for hydroxylation is 1. The first-order valence-electron chi connectivity index (χ1n) is 19.7. The van der Waals surface area contributed by atoms with Crippen molar-refractivity contribution in [3.63, 3.8) is 0 Å². The minimum Gasteiger partial charge on any atom is -0.486 e. The van der Waals surface area contributed by atoms with E-state index in [1.807, 2.05) is 120 Å². The van der Waals surface area contributed by atoms with Crippen LogP contribution in [0.15, 0.2) is 108 Å². The van der Waals surface area contributed by atoms with Crippen molar-refractivity contribution in [1.29, 1.82) is 0 Å². The molecule has 50 heavy (non-hydrogen) atoms. The average molecular weight is 842 g/mol. The monoisotopic (exact) mass is 842 g/mol. The second kappa shape index (κ2) is 16.5. The molecule has 0 saturated carbocycles. The summed E-state index contributed by atoms with van der Waals surface area (Å²) in [4.78, 5) is 13.8. The van der Waals surface area contributed by atoms with E-state index < -0.39 is 24.5 Å². The van der Waals surface area contributed by atoms with Gasteiger partial charge < -0.3 is 14.4 Å².